The fraction of sp³-hybridized carbons (Fsp3) is 0.273. The lowest BCUT2D eigenvalue weighted by Crippen LogP contribution is -1.86. The molecule has 0 amide bonds. The van der Waals surface area contributed by atoms with Gasteiger partial charge in [0.2, 0.25) is 0 Å². The summed E-state index contributed by atoms with van der Waals surface area (Å²) in [6.07, 6.45) is 0.841. The van der Waals surface area contributed by atoms with Gasteiger partial charge in [-0.3, -0.25) is 0 Å². The van der Waals surface area contributed by atoms with Crippen molar-refractivity contribution in [1.82, 2.24) is 0 Å². The molecule has 0 aliphatic heterocycles. The molecule has 0 atom stereocenters. The third-order valence-electron chi connectivity index (χ3n) is 2.13. The van der Waals surface area contributed by atoms with Crippen LogP contribution in [0.15, 0.2) is 30.0 Å². The number of hydrogen-bond donors (Lipinski definition) is 0. The number of hydrogen-bond acceptors (Lipinski definition) is 2. The SMILES string of the molecule is C=C(CC)c1c(C)cccc1N=O. The summed E-state index contributed by atoms with van der Waals surface area (Å²) >= 11 is 0. The van der Waals surface area contributed by atoms with Crippen molar-refractivity contribution in [3.8, 4) is 0 Å². The fourth-order valence-electron chi connectivity index (χ4n) is 1.37. The Morgan fingerprint density at radius 3 is 2.77 bits per heavy atom. The monoisotopic (exact) mass is 175 g/mol. The quantitative estimate of drug-likeness (QED) is 0.642. The standard InChI is InChI=1S/C11H13NO/c1-4-8(2)11-9(3)6-5-7-10(11)12-13/h5-7H,2,4H2,1,3H3. The highest BCUT2D eigenvalue weighted by Gasteiger charge is 2.07. The molecular weight excluding hydrogens is 162 g/mol. The molecule has 0 heterocycles. The molecule has 0 aliphatic carbocycles. The first kappa shape index (κ1) is 9.65. The first-order valence-corrected chi connectivity index (χ1v) is 4.31. The molecule has 68 valence electrons. The molecule has 0 bridgehead atoms. The Kier molecular flexibility index (Phi) is 2.96. The predicted octanol–water partition coefficient (Wildman–Crippen LogP) is 3.82. The van der Waals surface area contributed by atoms with Gasteiger partial charge in [0.05, 0.1) is 0 Å². The molecule has 2 heteroatoms. The van der Waals surface area contributed by atoms with Gasteiger partial charge < -0.3 is 0 Å². The first-order valence-electron chi connectivity index (χ1n) is 4.31. The zero-order valence-electron chi connectivity index (χ0n) is 8.00. The van der Waals surface area contributed by atoms with Gasteiger partial charge in [-0.05, 0) is 35.7 Å². The Bertz CT molecular complexity index is 342. The maximum absolute atomic E-state index is 10.5. The number of benzene rings is 1. The molecule has 13 heavy (non-hydrogen) atoms. The summed E-state index contributed by atoms with van der Waals surface area (Å²) in [5, 5.41) is 2.99. The molecule has 0 saturated carbocycles. The fourth-order valence-corrected chi connectivity index (χ4v) is 1.37. The molecule has 1 rings (SSSR count). The molecule has 0 aliphatic rings. The van der Waals surface area contributed by atoms with Crippen molar-refractivity contribution in [2.75, 3.05) is 0 Å². The van der Waals surface area contributed by atoms with Gasteiger partial charge in [-0.1, -0.05) is 25.6 Å². The summed E-state index contributed by atoms with van der Waals surface area (Å²) in [6, 6.07) is 5.51. The zero-order chi connectivity index (χ0) is 9.84. The smallest absolute Gasteiger partial charge is 0.115 e. The molecule has 1 aromatic carbocycles. The molecule has 0 fully saturated rings. The minimum Gasteiger partial charge on any atom is -0.145 e. The van der Waals surface area contributed by atoms with E-state index in [4.69, 9.17) is 0 Å². The Balaban J connectivity index is 3.30. The number of allylic oxidation sites excluding steroid dienone is 1. The summed E-state index contributed by atoms with van der Waals surface area (Å²) in [4.78, 5) is 10.5. The Labute approximate surface area is 78.3 Å². The number of rotatable bonds is 3. The predicted molar refractivity (Wildman–Crippen MR) is 56.0 cm³/mol. The van der Waals surface area contributed by atoms with Crippen LogP contribution in [-0.2, 0) is 0 Å². The van der Waals surface area contributed by atoms with Crippen molar-refractivity contribution in [1.29, 1.82) is 0 Å². The zero-order valence-corrected chi connectivity index (χ0v) is 8.00. The Hall–Kier alpha value is -1.44. The average Bonchev–Trinajstić information content (AvgIpc) is 2.16. The van der Waals surface area contributed by atoms with Gasteiger partial charge in [0.25, 0.3) is 0 Å². The van der Waals surface area contributed by atoms with Gasteiger partial charge in [0.1, 0.15) is 5.69 Å². The largest absolute Gasteiger partial charge is 0.145 e. The lowest BCUT2D eigenvalue weighted by atomic mass is 9.98. The van der Waals surface area contributed by atoms with Crippen LogP contribution in [0.3, 0.4) is 0 Å². The van der Waals surface area contributed by atoms with Crippen LogP contribution < -0.4 is 0 Å². The molecule has 2 nitrogen and oxygen atoms in total. The highest BCUT2D eigenvalue weighted by molar-refractivity contribution is 5.75. The minimum atomic E-state index is 0.492. The van der Waals surface area contributed by atoms with Crippen LogP contribution >= 0.6 is 0 Å². The molecule has 0 radical (unpaired) electrons. The van der Waals surface area contributed by atoms with E-state index in [0.717, 1.165) is 23.1 Å². The summed E-state index contributed by atoms with van der Waals surface area (Å²) in [7, 11) is 0. The second-order valence-corrected chi connectivity index (χ2v) is 3.02. The average molecular weight is 175 g/mol. The molecule has 1 aromatic rings. The van der Waals surface area contributed by atoms with Crippen molar-refractivity contribution < 1.29 is 0 Å². The Morgan fingerprint density at radius 2 is 2.23 bits per heavy atom. The van der Waals surface area contributed by atoms with E-state index < -0.39 is 0 Å². The van der Waals surface area contributed by atoms with Crippen molar-refractivity contribution in [3.05, 3.63) is 40.8 Å². The van der Waals surface area contributed by atoms with E-state index >= 15 is 0 Å². The van der Waals surface area contributed by atoms with Crippen molar-refractivity contribution in [2.45, 2.75) is 20.3 Å². The maximum atomic E-state index is 10.5. The van der Waals surface area contributed by atoms with Gasteiger partial charge in [0.15, 0.2) is 0 Å². The summed E-state index contributed by atoms with van der Waals surface area (Å²) in [5.41, 5.74) is 3.42. The second-order valence-electron chi connectivity index (χ2n) is 3.02. The van der Waals surface area contributed by atoms with E-state index in [-0.39, 0.29) is 0 Å². The minimum absolute atomic E-state index is 0.492. The number of nitroso groups, excluding NO2 is 1. The lowest BCUT2D eigenvalue weighted by Gasteiger charge is -2.08. The van der Waals surface area contributed by atoms with Gasteiger partial charge >= 0.3 is 0 Å². The third kappa shape index (κ3) is 1.83. The second kappa shape index (κ2) is 3.99. The number of nitrogens with zero attached hydrogens (tertiary/aromatic N) is 1. The van der Waals surface area contributed by atoms with Gasteiger partial charge in [0, 0.05) is 5.56 Å². The molecule has 0 spiro atoms. The van der Waals surface area contributed by atoms with Crippen molar-refractivity contribution in [2.24, 2.45) is 5.18 Å². The first-order chi connectivity index (χ1) is 6.20. The van der Waals surface area contributed by atoms with Crippen LogP contribution in [0.2, 0.25) is 0 Å². The molecule has 0 aromatic heterocycles. The normalized spacial score (nSPS) is 9.69. The van der Waals surface area contributed by atoms with Gasteiger partial charge in [-0.15, -0.1) is 4.91 Å². The topological polar surface area (TPSA) is 29.4 Å². The molecule has 0 saturated heterocycles. The Morgan fingerprint density at radius 1 is 1.54 bits per heavy atom. The number of aryl methyl sites for hydroxylation is 1. The van der Waals surface area contributed by atoms with Crippen LogP contribution in [0.5, 0.6) is 0 Å². The molecule has 0 unspecified atom stereocenters. The van der Waals surface area contributed by atoms with E-state index in [0.29, 0.717) is 5.69 Å². The van der Waals surface area contributed by atoms with Gasteiger partial charge in [-0.2, -0.15) is 0 Å². The molecular formula is C11H13NO. The van der Waals surface area contributed by atoms with Crippen LogP contribution in [0.4, 0.5) is 5.69 Å². The van der Waals surface area contributed by atoms with Gasteiger partial charge in [-0.25, -0.2) is 0 Å². The van der Waals surface area contributed by atoms with Crippen LogP contribution in [0.25, 0.3) is 5.57 Å². The van der Waals surface area contributed by atoms with E-state index in [2.05, 4.69) is 11.8 Å². The van der Waals surface area contributed by atoms with Crippen LogP contribution in [0.1, 0.15) is 24.5 Å². The maximum Gasteiger partial charge on any atom is 0.115 e. The van der Waals surface area contributed by atoms with E-state index in [1.54, 1.807) is 6.07 Å². The van der Waals surface area contributed by atoms with E-state index in [1.807, 2.05) is 26.0 Å². The van der Waals surface area contributed by atoms with Crippen molar-refractivity contribution >= 4 is 11.3 Å². The summed E-state index contributed by atoms with van der Waals surface area (Å²) in [6.45, 7) is 7.89. The van der Waals surface area contributed by atoms with E-state index in [9.17, 15) is 4.91 Å². The van der Waals surface area contributed by atoms with E-state index in [1.165, 1.54) is 0 Å². The summed E-state index contributed by atoms with van der Waals surface area (Å²) < 4.78 is 0. The summed E-state index contributed by atoms with van der Waals surface area (Å²) in [5.74, 6) is 0. The highest BCUT2D eigenvalue weighted by atomic mass is 16.3. The highest BCUT2D eigenvalue weighted by Crippen LogP contribution is 2.29. The lowest BCUT2D eigenvalue weighted by molar-refractivity contribution is 1.22. The third-order valence-corrected chi connectivity index (χ3v) is 2.13. The molecule has 0 N–H and O–H groups in total. The van der Waals surface area contributed by atoms with Crippen LogP contribution in [0, 0.1) is 11.8 Å². The van der Waals surface area contributed by atoms with Crippen molar-refractivity contribution in [3.63, 3.8) is 0 Å². The van der Waals surface area contributed by atoms with Crippen LogP contribution in [-0.4, -0.2) is 0 Å².